The van der Waals surface area contributed by atoms with Crippen LogP contribution in [0.25, 0.3) is 0 Å². The number of hydrogen-bond donors (Lipinski definition) is 1. The molecule has 1 rings (SSSR count). The fraction of sp³-hybridized carbons (Fsp3) is 0.538. The van der Waals surface area contributed by atoms with Gasteiger partial charge in [0.05, 0.1) is 7.11 Å². The van der Waals surface area contributed by atoms with Crippen molar-refractivity contribution in [2.45, 2.75) is 32.7 Å². The molecule has 0 spiro atoms. The van der Waals surface area contributed by atoms with Crippen LogP contribution in [0.15, 0.2) is 18.2 Å². The van der Waals surface area contributed by atoms with Crippen molar-refractivity contribution in [3.63, 3.8) is 0 Å². The van der Waals surface area contributed by atoms with Crippen molar-refractivity contribution < 1.29 is 9.13 Å². The highest BCUT2D eigenvalue weighted by Crippen LogP contribution is 2.24. The van der Waals surface area contributed by atoms with Crippen LogP contribution in [0.5, 0.6) is 5.75 Å². The van der Waals surface area contributed by atoms with Gasteiger partial charge in [-0.2, -0.15) is 0 Å². The van der Waals surface area contributed by atoms with Crippen molar-refractivity contribution in [1.82, 2.24) is 5.32 Å². The van der Waals surface area contributed by atoms with E-state index in [4.69, 9.17) is 4.74 Å². The van der Waals surface area contributed by atoms with Gasteiger partial charge >= 0.3 is 0 Å². The summed E-state index contributed by atoms with van der Waals surface area (Å²) in [6.07, 6.45) is 2.07. The van der Waals surface area contributed by atoms with Gasteiger partial charge in [0.25, 0.3) is 0 Å². The van der Waals surface area contributed by atoms with Gasteiger partial charge in [-0.1, -0.05) is 19.9 Å². The molecule has 0 aliphatic carbocycles. The average molecular weight is 225 g/mol. The largest absolute Gasteiger partial charge is 0.494 e. The highest BCUT2D eigenvalue weighted by molar-refractivity contribution is 5.32. The van der Waals surface area contributed by atoms with Gasteiger partial charge in [0.1, 0.15) is 0 Å². The number of methoxy groups -OCH3 is 1. The van der Waals surface area contributed by atoms with E-state index in [1.54, 1.807) is 6.07 Å². The zero-order valence-corrected chi connectivity index (χ0v) is 10.2. The smallest absolute Gasteiger partial charge is 0.165 e. The summed E-state index contributed by atoms with van der Waals surface area (Å²) in [5.74, 6) is 0.00541. The van der Waals surface area contributed by atoms with Crippen LogP contribution in [0, 0.1) is 5.82 Å². The second-order valence-corrected chi connectivity index (χ2v) is 3.81. The molecule has 90 valence electrons. The van der Waals surface area contributed by atoms with Crippen molar-refractivity contribution in [1.29, 1.82) is 0 Å². The van der Waals surface area contributed by atoms with Gasteiger partial charge in [-0.15, -0.1) is 0 Å². The number of halogens is 1. The summed E-state index contributed by atoms with van der Waals surface area (Å²) in [6.45, 7) is 5.21. The Morgan fingerprint density at radius 2 is 2.12 bits per heavy atom. The molecule has 2 nitrogen and oxygen atoms in total. The predicted octanol–water partition coefficient (Wildman–Crippen LogP) is 3.29. The molecular weight excluding hydrogens is 205 g/mol. The molecule has 16 heavy (non-hydrogen) atoms. The van der Waals surface area contributed by atoms with E-state index >= 15 is 0 Å². The van der Waals surface area contributed by atoms with Gasteiger partial charge in [-0.25, -0.2) is 4.39 Å². The first-order valence-electron chi connectivity index (χ1n) is 5.79. The van der Waals surface area contributed by atoms with Crippen molar-refractivity contribution in [3.8, 4) is 5.75 Å². The van der Waals surface area contributed by atoms with E-state index in [9.17, 15) is 4.39 Å². The molecule has 1 N–H and O–H groups in total. The van der Waals surface area contributed by atoms with Gasteiger partial charge in [-0.3, -0.25) is 0 Å². The molecule has 0 aliphatic rings. The molecule has 0 amide bonds. The lowest BCUT2D eigenvalue weighted by Crippen LogP contribution is -2.21. The van der Waals surface area contributed by atoms with Crippen LogP contribution in [-0.4, -0.2) is 13.7 Å². The SMILES string of the molecule is CCCNC(CC)c1ccc(F)c(OC)c1. The minimum Gasteiger partial charge on any atom is -0.494 e. The molecule has 0 saturated carbocycles. The van der Waals surface area contributed by atoms with E-state index in [1.165, 1.54) is 13.2 Å². The third-order valence-electron chi connectivity index (χ3n) is 2.63. The van der Waals surface area contributed by atoms with Crippen LogP contribution >= 0.6 is 0 Å². The summed E-state index contributed by atoms with van der Waals surface area (Å²) in [5.41, 5.74) is 1.08. The molecule has 0 aliphatic heterocycles. The second kappa shape index (κ2) is 6.48. The van der Waals surface area contributed by atoms with E-state index in [1.807, 2.05) is 6.07 Å². The summed E-state index contributed by atoms with van der Waals surface area (Å²) < 4.78 is 18.2. The van der Waals surface area contributed by atoms with Gasteiger partial charge < -0.3 is 10.1 Å². The maximum atomic E-state index is 13.2. The highest BCUT2D eigenvalue weighted by atomic mass is 19.1. The number of nitrogens with one attached hydrogen (secondary N) is 1. The Kier molecular flexibility index (Phi) is 5.26. The molecule has 1 unspecified atom stereocenters. The lowest BCUT2D eigenvalue weighted by molar-refractivity contribution is 0.384. The fourth-order valence-electron chi connectivity index (χ4n) is 1.71. The molecular formula is C13H20FNO. The third-order valence-corrected chi connectivity index (χ3v) is 2.63. The van der Waals surface area contributed by atoms with Crippen LogP contribution in [0.4, 0.5) is 4.39 Å². The molecule has 1 aromatic rings. The Bertz CT molecular complexity index is 328. The van der Waals surface area contributed by atoms with Crippen molar-refractivity contribution in [2.24, 2.45) is 0 Å². The van der Waals surface area contributed by atoms with Crippen LogP contribution in [0.2, 0.25) is 0 Å². The van der Waals surface area contributed by atoms with E-state index in [-0.39, 0.29) is 11.9 Å². The molecule has 1 aromatic carbocycles. The zero-order valence-electron chi connectivity index (χ0n) is 10.2. The second-order valence-electron chi connectivity index (χ2n) is 3.81. The standard InChI is InChI=1S/C13H20FNO/c1-4-8-15-12(5-2)10-6-7-11(14)13(9-10)16-3/h6-7,9,12,15H,4-5,8H2,1-3H3. The molecule has 0 bridgehead atoms. The third kappa shape index (κ3) is 3.20. The summed E-state index contributed by atoms with van der Waals surface area (Å²) in [7, 11) is 1.49. The topological polar surface area (TPSA) is 21.3 Å². The molecule has 0 aromatic heterocycles. The van der Waals surface area contributed by atoms with Crippen LogP contribution in [-0.2, 0) is 0 Å². The van der Waals surface area contributed by atoms with Crippen LogP contribution in [0.3, 0.4) is 0 Å². The molecule has 0 radical (unpaired) electrons. The monoisotopic (exact) mass is 225 g/mol. The summed E-state index contributed by atoms with van der Waals surface area (Å²) in [6, 6.07) is 5.32. The van der Waals surface area contributed by atoms with Gasteiger partial charge in [-0.05, 0) is 37.1 Å². The number of ether oxygens (including phenoxy) is 1. The van der Waals surface area contributed by atoms with Crippen molar-refractivity contribution in [3.05, 3.63) is 29.6 Å². The first kappa shape index (κ1) is 13.0. The normalized spacial score (nSPS) is 12.5. The van der Waals surface area contributed by atoms with E-state index < -0.39 is 0 Å². The maximum absolute atomic E-state index is 13.2. The molecule has 3 heteroatoms. The predicted molar refractivity (Wildman–Crippen MR) is 64.3 cm³/mol. The number of rotatable bonds is 6. The van der Waals surface area contributed by atoms with Gasteiger partial charge in [0.2, 0.25) is 0 Å². The highest BCUT2D eigenvalue weighted by Gasteiger charge is 2.11. The van der Waals surface area contributed by atoms with E-state index in [0.717, 1.165) is 24.9 Å². The molecule has 0 fully saturated rings. The van der Waals surface area contributed by atoms with E-state index in [2.05, 4.69) is 19.2 Å². The minimum atomic E-state index is -0.309. The van der Waals surface area contributed by atoms with Crippen molar-refractivity contribution in [2.75, 3.05) is 13.7 Å². The Balaban J connectivity index is 2.83. The Morgan fingerprint density at radius 3 is 2.69 bits per heavy atom. The molecule has 1 atom stereocenters. The quantitative estimate of drug-likeness (QED) is 0.802. The lowest BCUT2D eigenvalue weighted by atomic mass is 10.0. The summed E-state index contributed by atoms with van der Waals surface area (Å²) in [5, 5.41) is 3.43. The van der Waals surface area contributed by atoms with Crippen molar-refractivity contribution >= 4 is 0 Å². The first-order valence-corrected chi connectivity index (χ1v) is 5.79. The minimum absolute atomic E-state index is 0.273. The first-order chi connectivity index (χ1) is 7.72. The molecule has 0 saturated heterocycles. The average Bonchev–Trinajstić information content (AvgIpc) is 2.32. The van der Waals surface area contributed by atoms with Crippen LogP contribution in [0.1, 0.15) is 38.3 Å². The Morgan fingerprint density at radius 1 is 1.38 bits per heavy atom. The summed E-state index contributed by atoms with van der Waals surface area (Å²) >= 11 is 0. The van der Waals surface area contributed by atoms with E-state index in [0.29, 0.717) is 5.75 Å². The van der Waals surface area contributed by atoms with Gasteiger partial charge in [0, 0.05) is 6.04 Å². The zero-order chi connectivity index (χ0) is 12.0. The fourth-order valence-corrected chi connectivity index (χ4v) is 1.71. The Hall–Kier alpha value is -1.09. The number of benzene rings is 1. The summed E-state index contributed by atoms with van der Waals surface area (Å²) in [4.78, 5) is 0. The lowest BCUT2D eigenvalue weighted by Gasteiger charge is -2.17. The Labute approximate surface area is 96.8 Å². The van der Waals surface area contributed by atoms with Gasteiger partial charge in [0.15, 0.2) is 11.6 Å². The maximum Gasteiger partial charge on any atom is 0.165 e. The number of hydrogen-bond acceptors (Lipinski definition) is 2. The molecule has 0 heterocycles. The van der Waals surface area contributed by atoms with Crippen LogP contribution < -0.4 is 10.1 Å².